The zero-order chi connectivity index (χ0) is 10.7. The highest BCUT2D eigenvalue weighted by molar-refractivity contribution is 4.85. The molecule has 2 rings (SSSR count). The van der Waals surface area contributed by atoms with Gasteiger partial charge in [-0.05, 0) is 45.7 Å². The molecule has 0 amide bonds. The summed E-state index contributed by atoms with van der Waals surface area (Å²) in [6.45, 7) is 2.46. The number of likely N-dealkylation sites (tertiary alicyclic amines) is 1. The van der Waals surface area contributed by atoms with Crippen LogP contribution in [0.4, 0.5) is 0 Å². The van der Waals surface area contributed by atoms with Crippen molar-refractivity contribution in [1.82, 2.24) is 10.2 Å². The molecule has 88 valence electrons. The molecule has 1 saturated heterocycles. The van der Waals surface area contributed by atoms with Gasteiger partial charge >= 0.3 is 0 Å². The molecule has 0 radical (unpaired) electrons. The Kier molecular flexibility index (Phi) is 4.00. The van der Waals surface area contributed by atoms with Crippen molar-refractivity contribution in [1.29, 1.82) is 0 Å². The standard InChI is InChI=1S/C12H24N2O/c1-14-7-6-11(9-14)13-10-4-3-5-12(8-10)15-2/h10-13H,3-9H2,1-2H3. The molecule has 2 aliphatic rings. The van der Waals surface area contributed by atoms with Gasteiger partial charge in [0.05, 0.1) is 6.10 Å². The highest BCUT2D eigenvalue weighted by atomic mass is 16.5. The lowest BCUT2D eigenvalue weighted by Gasteiger charge is -2.31. The Morgan fingerprint density at radius 1 is 1.20 bits per heavy atom. The number of hydrogen-bond donors (Lipinski definition) is 1. The Balaban J connectivity index is 1.74. The van der Waals surface area contributed by atoms with E-state index in [1.807, 2.05) is 7.11 Å². The first-order valence-electron chi connectivity index (χ1n) is 6.25. The van der Waals surface area contributed by atoms with Crippen molar-refractivity contribution in [2.24, 2.45) is 0 Å². The summed E-state index contributed by atoms with van der Waals surface area (Å²) in [7, 11) is 4.05. The predicted octanol–water partition coefficient (Wildman–Crippen LogP) is 1.24. The maximum absolute atomic E-state index is 5.46. The van der Waals surface area contributed by atoms with E-state index < -0.39 is 0 Å². The first-order valence-corrected chi connectivity index (χ1v) is 6.25. The summed E-state index contributed by atoms with van der Waals surface area (Å²) in [5, 5.41) is 3.79. The number of hydrogen-bond acceptors (Lipinski definition) is 3. The van der Waals surface area contributed by atoms with Crippen LogP contribution in [0.3, 0.4) is 0 Å². The topological polar surface area (TPSA) is 24.5 Å². The summed E-state index contributed by atoms with van der Waals surface area (Å²) in [5.41, 5.74) is 0. The lowest BCUT2D eigenvalue weighted by Crippen LogP contribution is -2.43. The van der Waals surface area contributed by atoms with E-state index >= 15 is 0 Å². The molecule has 3 unspecified atom stereocenters. The van der Waals surface area contributed by atoms with Crippen molar-refractivity contribution in [3.63, 3.8) is 0 Å². The molecule has 0 aromatic rings. The fourth-order valence-electron chi connectivity index (χ4n) is 2.91. The Morgan fingerprint density at radius 3 is 2.73 bits per heavy atom. The normalized spacial score (nSPS) is 38.4. The van der Waals surface area contributed by atoms with Crippen molar-refractivity contribution in [3.8, 4) is 0 Å². The van der Waals surface area contributed by atoms with E-state index in [1.165, 1.54) is 45.2 Å². The highest BCUT2D eigenvalue weighted by Gasteiger charge is 2.26. The third-order valence-electron chi connectivity index (χ3n) is 3.82. The summed E-state index contributed by atoms with van der Waals surface area (Å²) < 4.78 is 5.46. The predicted molar refractivity (Wildman–Crippen MR) is 62.1 cm³/mol. The molecule has 2 fully saturated rings. The maximum atomic E-state index is 5.46. The molecule has 0 aromatic carbocycles. The minimum absolute atomic E-state index is 0.496. The van der Waals surface area contributed by atoms with Crippen LogP contribution in [0.25, 0.3) is 0 Å². The average molecular weight is 212 g/mol. The Hall–Kier alpha value is -0.120. The van der Waals surface area contributed by atoms with Gasteiger partial charge in [-0.2, -0.15) is 0 Å². The Labute approximate surface area is 93.2 Å². The third kappa shape index (κ3) is 3.16. The van der Waals surface area contributed by atoms with Crippen LogP contribution < -0.4 is 5.32 Å². The lowest BCUT2D eigenvalue weighted by molar-refractivity contribution is 0.0571. The second-order valence-electron chi connectivity index (χ2n) is 5.14. The second-order valence-corrected chi connectivity index (χ2v) is 5.14. The monoisotopic (exact) mass is 212 g/mol. The van der Waals surface area contributed by atoms with E-state index in [0.29, 0.717) is 12.1 Å². The average Bonchev–Trinajstić information content (AvgIpc) is 2.64. The van der Waals surface area contributed by atoms with Gasteiger partial charge in [0, 0.05) is 25.7 Å². The SMILES string of the molecule is COC1CCCC(NC2CCN(C)C2)C1. The molecule has 3 heteroatoms. The first-order chi connectivity index (χ1) is 7.28. The number of likely N-dealkylation sites (N-methyl/N-ethyl adjacent to an activating group) is 1. The number of rotatable bonds is 3. The van der Waals surface area contributed by atoms with Crippen molar-refractivity contribution in [2.75, 3.05) is 27.2 Å². The summed E-state index contributed by atoms with van der Waals surface area (Å²) in [5.74, 6) is 0. The van der Waals surface area contributed by atoms with Gasteiger partial charge in [0.25, 0.3) is 0 Å². The molecule has 0 spiro atoms. The number of methoxy groups -OCH3 is 1. The molecule has 0 aromatic heterocycles. The largest absolute Gasteiger partial charge is 0.381 e. The zero-order valence-corrected chi connectivity index (χ0v) is 10.0. The molecule has 3 atom stereocenters. The molecule has 1 saturated carbocycles. The third-order valence-corrected chi connectivity index (χ3v) is 3.82. The molecule has 3 nitrogen and oxygen atoms in total. The summed E-state index contributed by atoms with van der Waals surface area (Å²) in [6.07, 6.45) is 6.91. The van der Waals surface area contributed by atoms with Gasteiger partial charge in [-0.15, -0.1) is 0 Å². The van der Waals surface area contributed by atoms with Gasteiger partial charge in [-0.25, -0.2) is 0 Å². The fourth-order valence-corrected chi connectivity index (χ4v) is 2.91. The van der Waals surface area contributed by atoms with E-state index in [4.69, 9.17) is 4.74 Å². The molecule has 1 aliphatic carbocycles. The van der Waals surface area contributed by atoms with E-state index in [1.54, 1.807) is 0 Å². The highest BCUT2D eigenvalue weighted by Crippen LogP contribution is 2.22. The molecule has 1 aliphatic heterocycles. The van der Waals surface area contributed by atoms with Crippen molar-refractivity contribution in [3.05, 3.63) is 0 Å². The molecular formula is C12H24N2O. The van der Waals surface area contributed by atoms with Gasteiger partial charge in [0.15, 0.2) is 0 Å². The van der Waals surface area contributed by atoms with Crippen molar-refractivity contribution < 1.29 is 4.74 Å². The van der Waals surface area contributed by atoms with Crippen LogP contribution in [0.5, 0.6) is 0 Å². The van der Waals surface area contributed by atoms with Crippen molar-refractivity contribution in [2.45, 2.75) is 50.3 Å². The van der Waals surface area contributed by atoms with Gasteiger partial charge in [-0.1, -0.05) is 0 Å². The smallest absolute Gasteiger partial charge is 0.0586 e. The van der Waals surface area contributed by atoms with E-state index in [2.05, 4.69) is 17.3 Å². The van der Waals surface area contributed by atoms with Crippen LogP contribution in [0.15, 0.2) is 0 Å². The maximum Gasteiger partial charge on any atom is 0.0586 e. The molecular weight excluding hydrogens is 188 g/mol. The van der Waals surface area contributed by atoms with Gasteiger partial charge < -0.3 is 15.0 Å². The van der Waals surface area contributed by atoms with Crippen LogP contribution in [0.1, 0.15) is 32.1 Å². The van der Waals surface area contributed by atoms with Crippen LogP contribution in [0.2, 0.25) is 0 Å². The van der Waals surface area contributed by atoms with Crippen molar-refractivity contribution >= 4 is 0 Å². The van der Waals surface area contributed by atoms with E-state index in [0.717, 1.165) is 6.04 Å². The molecule has 1 N–H and O–H groups in total. The molecule has 0 bridgehead atoms. The Bertz CT molecular complexity index is 198. The molecule has 15 heavy (non-hydrogen) atoms. The summed E-state index contributed by atoms with van der Waals surface area (Å²) in [6, 6.07) is 1.41. The molecule has 1 heterocycles. The summed E-state index contributed by atoms with van der Waals surface area (Å²) in [4.78, 5) is 2.41. The fraction of sp³-hybridized carbons (Fsp3) is 1.00. The van der Waals surface area contributed by atoms with Gasteiger partial charge in [-0.3, -0.25) is 0 Å². The minimum atomic E-state index is 0.496. The zero-order valence-electron chi connectivity index (χ0n) is 10.0. The van der Waals surface area contributed by atoms with E-state index in [-0.39, 0.29) is 0 Å². The lowest BCUT2D eigenvalue weighted by atomic mass is 9.92. The quantitative estimate of drug-likeness (QED) is 0.762. The van der Waals surface area contributed by atoms with E-state index in [9.17, 15) is 0 Å². The number of nitrogens with zero attached hydrogens (tertiary/aromatic N) is 1. The van der Waals surface area contributed by atoms with Crippen LogP contribution in [-0.4, -0.2) is 50.3 Å². The first kappa shape index (κ1) is 11.4. The Morgan fingerprint density at radius 2 is 2.07 bits per heavy atom. The van der Waals surface area contributed by atoms with Gasteiger partial charge in [0.1, 0.15) is 0 Å². The van der Waals surface area contributed by atoms with Crippen LogP contribution >= 0.6 is 0 Å². The number of ether oxygens (including phenoxy) is 1. The van der Waals surface area contributed by atoms with Crippen LogP contribution in [-0.2, 0) is 4.74 Å². The number of nitrogens with one attached hydrogen (secondary N) is 1. The minimum Gasteiger partial charge on any atom is -0.381 e. The van der Waals surface area contributed by atoms with Crippen LogP contribution in [0, 0.1) is 0 Å². The second kappa shape index (κ2) is 5.28. The summed E-state index contributed by atoms with van der Waals surface area (Å²) >= 11 is 0. The van der Waals surface area contributed by atoms with Gasteiger partial charge in [0.2, 0.25) is 0 Å².